The monoisotopic (exact) mass is 310 g/mol. The summed E-state index contributed by atoms with van der Waals surface area (Å²) in [6.07, 6.45) is 1.33. The smallest absolute Gasteiger partial charge is 0.0487 e. The van der Waals surface area contributed by atoms with Crippen LogP contribution in [0.2, 0.25) is 0 Å². The predicted molar refractivity (Wildman–Crippen MR) is 71.2 cm³/mol. The standard InChI is InChI=1S/C11H23IN2/c1-5-14-8-11(12,9-14)6-7-13(4)10(2)3/h10H,5-9H2,1-4H3. The molecule has 14 heavy (non-hydrogen) atoms. The summed E-state index contributed by atoms with van der Waals surface area (Å²) in [7, 11) is 2.22. The molecule has 0 bridgehead atoms. The van der Waals surface area contributed by atoms with Gasteiger partial charge in [0.25, 0.3) is 0 Å². The van der Waals surface area contributed by atoms with Crippen LogP contribution in [-0.4, -0.2) is 52.5 Å². The molecule has 0 amide bonds. The number of halogens is 1. The van der Waals surface area contributed by atoms with Gasteiger partial charge in [-0.25, -0.2) is 0 Å². The van der Waals surface area contributed by atoms with E-state index in [2.05, 4.69) is 60.2 Å². The van der Waals surface area contributed by atoms with E-state index in [1.807, 2.05) is 0 Å². The lowest BCUT2D eigenvalue weighted by Gasteiger charge is -2.47. The molecule has 1 aliphatic rings. The highest BCUT2D eigenvalue weighted by molar-refractivity contribution is 14.1. The Kier molecular flexibility index (Phi) is 4.65. The van der Waals surface area contributed by atoms with Crippen LogP contribution < -0.4 is 0 Å². The molecule has 0 atom stereocenters. The van der Waals surface area contributed by atoms with Crippen molar-refractivity contribution in [1.82, 2.24) is 9.80 Å². The first-order valence-electron chi connectivity index (χ1n) is 5.58. The number of alkyl halides is 1. The number of likely N-dealkylation sites (tertiary alicyclic amines) is 1. The highest BCUT2D eigenvalue weighted by Crippen LogP contribution is 2.34. The summed E-state index contributed by atoms with van der Waals surface area (Å²) in [4.78, 5) is 4.96. The van der Waals surface area contributed by atoms with E-state index in [4.69, 9.17) is 0 Å². The van der Waals surface area contributed by atoms with E-state index >= 15 is 0 Å². The van der Waals surface area contributed by atoms with Crippen LogP contribution in [0.5, 0.6) is 0 Å². The first-order chi connectivity index (χ1) is 6.47. The molecular formula is C11H23IN2. The van der Waals surface area contributed by atoms with Gasteiger partial charge in [0.05, 0.1) is 0 Å². The Morgan fingerprint density at radius 3 is 2.43 bits per heavy atom. The third-order valence-corrected chi connectivity index (χ3v) is 4.48. The van der Waals surface area contributed by atoms with Crippen molar-refractivity contribution in [2.24, 2.45) is 0 Å². The van der Waals surface area contributed by atoms with Gasteiger partial charge in [0, 0.05) is 22.6 Å². The maximum Gasteiger partial charge on any atom is 0.0487 e. The topological polar surface area (TPSA) is 6.48 Å². The van der Waals surface area contributed by atoms with E-state index in [1.165, 1.54) is 32.6 Å². The highest BCUT2D eigenvalue weighted by atomic mass is 127. The van der Waals surface area contributed by atoms with Crippen LogP contribution in [0, 0.1) is 0 Å². The highest BCUT2D eigenvalue weighted by Gasteiger charge is 2.39. The Labute approximate surface area is 102 Å². The van der Waals surface area contributed by atoms with Gasteiger partial charge in [-0.3, -0.25) is 0 Å². The lowest BCUT2D eigenvalue weighted by atomic mass is 9.96. The third kappa shape index (κ3) is 3.35. The summed E-state index contributed by atoms with van der Waals surface area (Å²) in [5.74, 6) is 0. The number of hydrogen-bond donors (Lipinski definition) is 0. The van der Waals surface area contributed by atoms with E-state index in [0.717, 1.165) is 0 Å². The van der Waals surface area contributed by atoms with Crippen LogP contribution in [-0.2, 0) is 0 Å². The molecule has 0 aromatic carbocycles. The zero-order valence-corrected chi connectivity index (χ0v) is 12.0. The minimum absolute atomic E-state index is 0.566. The van der Waals surface area contributed by atoms with Gasteiger partial charge in [0.2, 0.25) is 0 Å². The minimum Gasteiger partial charge on any atom is -0.304 e. The Balaban J connectivity index is 2.19. The molecule has 2 nitrogen and oxygen atoms in total. The minimum atomic E-state index is 0.566. The Morgan fingerprint density at radius 2 is 2.00 bits per heavy atom. The summed E-state index contributed by atoms with van der Waals surface area (Å²) >= 11 is 2.65. The molecule has 1 rings (SSSR count). The fourth-order valence-corrected chi connectivity index (χ4v) is 2.98. The Bertz CT molecular complexity index is 176. The first-order valence-corrected chi connectivity index (χ1v) is 6.66. The normalized spacial score (nSPS) is 21.6. The zero-order valence-electron chi connectivity index (χ0n) is 9.89. The van der Waals surface area contributed by atoms with Crippen LogP contribution in [0.25, 0.3) is 0 Å². The second-order valence-corrected chi connectivity index (χ2v) is 7.07. The second kappa shape index (κ2) is 5.12. The average Bonchev–Trinajstić information content (AvgIpc) is 2.09. The van der Waals surface area contributed by atoms with Gasteiger partial charge in [-0.2, -0.15) is 0 Å². The second-order valence-electron chi connectivity index (χ2n) is 4.78. The molecule has 0 aromatic rings. The van der Waals surface area contributed by atoms with Crippen molar-refractivity contribution in [2.45, 2.75) is 36.7 Å². The van der Waals surface area contributed by atoms with Gasteiger partial charge in [-0.05, 0) is 40.4 Å². The van der Waals surface area contributed by atoms with Gasteiger partial charge >= 0.3 is 0 Å². The third-order valence-electron chi connectivity index (χ3n) is 3.26. The summed E-state index contributed by atoms with van der Waals surface area (Å²) in [6.45, 7) is 11.8. The molecule has 1 aliphatic heterocycles. The number of hydrogen-bond acceptors (Lipinski definition) is 2. The van der Waals surface area contributed by atoms with Crippen LogP contribution in [0.15, 0.2) is 0 Å². The van der Waals surface area contributed by atoms with Crippen molar-refractivity contribution in [1.29, 1.82) is 0 Å². The molecule has 0 spiro atoms. The van der Waals surface area contributed by atoms with Gasteiger partial charge in [-0.15, -0.1) is 0 Å². The van der Waals surface area contributed by atoms with E-state index in [-0.39, 0.29) is 0 Å². The van der Waals surface area contributed by atoms with Crippen molar-refractivity contribution in [3.63, 3.8) is 0 Å². The van der Waals surface area contributed by atoms with Crippen LogP contribution >= 0.6 is 22.6 Å². The Morgan fingerprint density at radius 1 is 1.43 bits per heavy atom. The van der Waals surface area contributed by atoms with Crippen molar-refractivity contribution < 1.29 is 0 Å². The van der Waals surface area contributed by atoms with Crippen molar-refractivity contribution in [3.8, 4) is 0 Å². The van der Waals surface area contributed by atoms with Crippen LogP contribution in [0.4, 0.5) is 0 Å². The molecule has 0 radical (unpaired) electrons. The zero-order chi connectivity index (χ0) is 10.8. The molecule has 0 saturated carbocycles. The summed E-state index contributed by atoms with van der Waals surface area (Å²) in [5, 5.41) is 0. The average molecular weight is 310 g/mol. The maximum atomic E-state index is 2.65. The van der Waals surface area contributed by atoms with E-state index in [9.17, 15) is 0 Å². The molecule has 84 valence electrons. The maximum absolute atomic E-state index is 2.65. The van der Waals surface area contributed by atoms with Gasteiger partial charge in [0.15, 0.2) is 0 Å². The largest absolute Gasteiger partial charge is 0.304 e. The SMILES string of the molecule is CCN1CC(I)(CCN(C)C(C)C)C1. The van der Waals surface area contributed by atoms with Crippen molar-refractivity contribution in [3.05, 3.63) is 0 Å². The number of rotatable bonds is 5. The predicted octanol–water partition coefficient (Wildman–Crippen LogP) is 2.23. The molecular weight excluding hydrogens is 287 g/mol. The quantitative estimate of drug-likeness (QED) is 0.567. The van der Waals surface area contributed by atoms with Crippen LogP contribution in [0.1, 0.15) is 27.2 Å². The summed E-state index contributed by atoms with van der Waals surface area (Å²) < 4.78 is 0.566. The van der Waals surface area contributed by atoms with Gasteiger partial charge in [-0.1, -0.05) is 29.5 Å². The molecule has 1 fully saturated rings. The molecule has 0 N–H and O–H groups in total. The molecule has 0 unspecified atom stereocenters. The fourth-order valence-electron chi connectivity index (χ4n) is 1.77. The van der Waals surface area contributed by atoms with Crippen molar-refractivity contribution in [2.75, 3.05) is 33.2 Å². The Hall–Kier alpha value is 0.650. The summed E-state index contributed by atoms with van der Waals surface area (Å²) in [6, 6.07) is 0.678. The molecule has 0 aromatic heterocycles. The van der Waals surface area contributed by atoms with Gasteiger partial charge in [0.1, 0.15) is 0 Å². The van der Waals surface area contributed by atoms with E-state index in [0.29, 0.717) is 9.46 Å². The van der Waals surface area contributed by atoms with Crippen LogP contribution in [0.3, 0.4) is 0 Å². The first kappa shape index (κ1) is 12.7. The molecule has 0 aliphatic carbocycles. The fraction of sp³-hybridized carbons (Fsp3) is 1.00. The lowest BCUT2D eigenvalue weighted by molar-refractivity contribution is 0.126. The van der Waals surface area contributed by atoms with Gasteiger partial charge < -0.3 is 9.80 Å². The molecule has 1 saturated heterocycles. The molecule has 3 heteroatoms. The van der Waals surface area contributed by atoms with Crippen molar-refractivity contribution >= 4 is 22.6 Å². The lowest BCUT2D eigenvalue weighted by Crippen LogP contribution is -2.58. The van der Waals surface area contributed by atoms with E-state index < -0.39 is 0 Å². The van der Waals surface area contributed by atoms with E-state index in [1.54, 1.807) is 0 Å². The summed E-state index contributed by atoms with van der Waals surface area (Å²) in [5.41, 5.74) is 0. The number of nitrogens with zero attached hydrogens (tertiary/aromatic N) is 2. The molecule has 1 heterocycles.